The van der Waals surface area contributed by atoms with Gasteiger partial charge in [-0.2, -0.15) is 0 Å². The topological polar surface area (TPSA) is 81.4 Å². The van der Waals surface area contributed by atoms with Crippen LogP contribution < -0.4 is 11.1 Å². The predicted octanol–water partition coefficient (Wildman–Crippen LogP) is 3.86. The molecule has 0 heterocycles. The van der Waals surface area contributed by atoms with Crippen LogP contribution in [0.25, 0.3) is 0 Å². The number of ether oxygens (including phenoxy) is 1. The molecule has 0 aromatic heterocycles. The van der Waals surface area contributed by atoms with Crippen LogP contribution in [-0.2, 0) is 14.3 Å². The molecule has 0 atom stereocenters. The normalized spacial score (nSPS) is 11.1. The molecule has 0 aromatic carbocycles. The average molecular weight is 355 g/mol. The van der Waals surface area contributed by atoms with Crippen LogP contribution in [0, 0.1) is 0 Å². The maximum absolute atomic E-state index is 11.2. The van der Waals surface area contributed by atoms with Crippen molar-refractivity contribution in [2.24, 2.45) is 5.73 Å². The molecule has 0 unspecified atom stereocenters. The number of nitrogens with two attached hydrogens (primary N) is 1. The van der Waals surface area contributed by atoms with Gasteiger partial charge in [0.05, 0.1) is 0 Å². The molecule has 0 rings (SSSR count). The Balaban J connectivity index is 3.14. The van der Waals surface area contributed by atoms with Gasteiger partial charge in [-0.05, 0) is 12.8 Å². The highest BCUT2D eigenvalue weighted by Gasteiger charge is 1.96. The van der Waals surface area contributed by atoms with Crippen LogP contribution >= 0.6 is 0 Å². The lowest BCUT2D eigenvalue weighted by Gasteiger charge is -2.05. The van der Waals surface area contributed by atoms with E-state index in [1.165, 1.54) is 64.2 Å². The molecule has 0 radical (unpaired) electrons. The Bertz CT molecular complexity index is 357. The van der Waals surface area contributed by atoms with Crippen molar-refractivity contribution in [3.05, 3.63) is 12.2 Å². The van der Waals surface area contributed by atoms with E-state index in [2.05, 4.69) is 12.2 Å². The smallest absolute Gasteiger partial charge is 0.244 e. The number of nitrogens with one attached hydrogen (secondary N) is 1. The minimum absolute atomic E-state index is 0.302. The Hall–Kier alpha value is -1.36. The third-order valence-electron chi connectivity index (χ3n) is 4.06. The second-order valence-corrected chi connectivity index (χ2v) is 6.53. The highest BCUT2D eigenvalue weighted by atomic mass is 16.5. The summed E-state index contributed by atoms with van der Waals surface area (Å²) < 4.78 is 5.55. The van der Waals surface area contributed by atoms with Crippen molar-refractivity contribution < 1.29 is 14.3 Å². The van der Waals surface area contributed by atoms with Gasteiger partial charge in [0.25, 0.3) is 0 Å². The molecular formula is C20H38N2O3. The van der Waals surface area contributed by atoms with E-state index < -0.39 is 5.91 Å². The third-order valence-corrected chi connectivity index (χ3v) is 4.06. The molecule has 0 aliphatic carbocycles. The van der Waals surface area contributed by atoms with Gasteiger partial charge in [0, 0.05) is 31.9 Å². The minimum Gasteiger partial charge on any atom is -0.381 e. The highest BCUT2D eigenvalue weighted by Crippen LogP contribution is 2.11. The SMILES string of the molecule is CCCCCCCCCCCCCOCCCNC(=O)C=CC(N)=O. The zero-order valence-electron chi connectivity index (χ0n) is 16.1. The molecule has 25 heavy (non-hydrogen) atoms. The summed E-state index contributed by atoms with van der Waals surface area (Å²) in [6.07, 6.45) is 17.7. The Labute approximate surface area is 153 Å². The van der Waals surface area contributed by atoms with Crippen molar-refractivity contribution >= 4 is 11.8 Å². The van der Waals surface area contributed by atoms with E-state index in [9.17, 15) is 9.59 Å². The van der Waals surface area contributed by atoms with Crippen LogP contribution in [0.1, 0.15) is 84.0 Å². The van der Waals surface area contributed by atoms with Crippen LogP contribution in [0.5, 0.6) is 0 Å². The van der Waals surface area contributed by atoms with Crippen molar-refractivity contribution in [1.29, 1.82) is 0 Å². The van der Waals surface area contributed by atoms with E-state index in [1.807, 2.05) is 0 Å². The van der Waals surface area contributed by atoms with Gasteiger partial charge in [-0.3, -0.25) is 9.59 Å². The summed E-state index contributed by atoms with van der Waals surface area (Å²) in [7, 11) is 0. The zero-order chi connectivity index (χ0) is 18.6. The number of carbonyl (C=O) groups is 2. The predicted molar refractivity (Wildman–Crippen MR) is 103 cm³/mol. The first-order valence-corrected chi connectivity index (χ1v) is 10.00. The van der Waals surface area contributed by atoms with Crippen molar-refractivity contribution in [1.82, 2.24) is 5.32 Å². The summed E-state index contributed by atoms with van der Waals surface area (Å²) in [5.41, 5.74) is 4.91. The molecule has 0 spiro atoms. The molecule has 146 valence electrons. The fraction of sp³-hybridized carbons (Fsp3) is 0.800. The Morgan fingerprint density at radius 2 is 1.32 bits per heavy atom. The largest absolute Gasteiger partial charge is 0.381 e. The first kappa shape index (κ1) is 23.6. The van der Waals surface area contributed by atoms with Gasteiger partial charge in [0.2, 0.25) is 11.8 Å². The lowest BCUT2D eigenvalue weighted by atomic mass is 10.1. The molecule has 0 saturated heterocycles. The monoisotopic (exact) mass is 354 g/mol. The van der Waals surface area contributed by atoms with Crippen LogP contribution in [0.2, 0.25) is 0 Å². The summed E-state index contributed by atoms with van der Waals surface area (Å²) in [5, 5.41) is 2.67. The molecule has 0 aliphatic heterocycles. The van der Waals surface area contributed by atoms with Crippen LogP contribution in [0.4, 0.5) is 0 Å². The lowest BCUT2D eigenvalue weighted by molar-refractivity contribution is -0.117. The average Bonchev–Trinajstić information content (AvgIpc) is 2.59. The number of hydrogen-bond acceptors (Lipinski definition) is 3. The molecule has 0 aromatic rings. The second-order valence-electron chi connectivity index (χ2n) is 6.53. The molecule has 2 amide bonds. The van der Waals surface area contributed by atoms with Gasteiger partial charge in [-0.1, -0.05) is 71.1 Å². The number of hydrogen-bond donors (Lipinski definition) is 2. The molecule has 0 saturated carbocycles. The fourth-order valence-electron chi connectivity index (χ4n) is 2.57. The number of carbonyl (C=O) groups excluding carboxylic acids is 2. The van der Waals surface area contributed by atoms with Gasteiger partial charge in [0.1, 0.15) is 0 Å². The van der Waals surface area contributed by atoms with E-state index >= 15 is 0 Å². The number of primary amides is 1. The summed E-state index contributed by atoms with van der Waals surface area (Å²) in [6.45, 7) is 4.25. The van der Waals surface area contributed by atoms with Gasteiger partial charge >= 0.3 is 0 Å². The number of amides is 2. The van der Waals surface area contributed by atoms with E-state index in [-0.39, 0.29) is 5.91 Å². The number of rotatable bonds is 18. The molecule has 0 aliphatic rings. The Kier molecular flexibility index (Phi) is 17.9. The van der Waals surface area contributed by atoms with Gasteiger partial charge in [-0.25, -0.2) is 0 Å². The third kappa shape index (κ3) is 20.6. The van der Waals surface area contributed by atoms with Crippen molar-refractivity contribution in [2.75, 3.05) is 19.8 Å². The fourth-order valence-corrected chi connectivity index (χ4v) is 2.57. The van der Waals surface area contributed by atoms with Gasteiger partial charge in [-0.15, -0.1) is 0 Å². The maximum Gasteiger partial charge on any atom is 0.244 e. The summed E-state index contributed by atoms with van der Waals surface area (Å²) in [4.78, 5) is 21.7. The second kappa shape index (κ2) is 19.0. The standard InChI is InChI=1S/C20H38N2O3/c1-2-3-4-5-6-7-8-9-10-11-12-17-25-18-13-16-22-20(24)15-14-19(21)23/h14-15H,2-13,16-18H2,1H3,(H2,21,23)(H,22,24). The van der Waals surface area contributed by atoms with Crippen molar-refractivity contribution in [3.8, 4) is 0 Å². The van der Waals surface area contributed by atoms with E-state index in [0.29, 0.717) is 13.2 Å². The first-order valence-electron chi connectivity index (χ1n) is 10.00. The molecule has 0 fully saturated rings. The molecule has 3 N–H and O–H groups in total. The van der Waals surface area contributed by atoms with Crippen LogP contribution in [0.15, 0.2) is 12.2 Å². The lowest BCUT2D eigenvalue weighted by Crippen LogP contribution is -2.23. The quantitative estimate of drug-likeness (QED) is 0.290. The first-order chi connectivity index (χ1) is 12.2. The Morgan fingerprint density at radius 3 is 1.88 bits per heavy atom. The Morgan fingerprint density at radius 1 is 0.800 bits per heavy atom. The van der Waals surface area contributed by atoms with Crippen LogP contribution in [-0.4, -0.2) is 31.6 Å². The van der Waals surface area contributed by atoms with Crippen molar-refractivity contribution in [3.63, 3.8) is 0 Å². The highest BCUT2D eigenvalue weighted by molar-refractivity contribution is 5.95. The van der Waals surface area contributed by atoms with Gasteiger partial charge < -0.3 is 15.8 Å². The van der Waals surface area contributed by atoms with Crippen LogP contribution in [0.3, 0.4) is 0 Å². The van der Waals surface area contributed by atoms with Gasteiger partial charge in [0.15, 0.2) is 0 Å². The number of unbranched alkanes of at least 4 members (excludes halogenated alkanes) is 10. The molecular weight excluding hydrogens is 316 g/mol. The van der Waals surface area contributed by atoms with Crippen molar-refractivity contribution in [2.45, 2.75) is 84.0 Å². The molecule has 5 nitrogen and oxygen atoms in total. The summed E-state index contributed by atoms with van der Waals surface area (Å²) in [5.74, 6) is -0.922. The van der Waals surface area contributed by atoms with E-state index in [0.717, 1.165) is 31.6 Å². The maximum atomic E-state index is 11.2. The molecule has 0 bridgehead atoms. The summed E-state index contributed by atoms with van der Waals surface area (Å²) in [6, 6.07) is 0. The van der Waals surface area contributed by atoms with E-state index in [1.54, 1.807) is 0 Å². The minimum atomic E-state index is -0.620. The molecule has 5 heteroatoms. The zero-order valence-corrected chi connectivity index (χ0v) is 16.1. The summed E-state index contributed by atoms with van der Waals surface area (Å²) >= 11 is 0. The van der Waals surface area contributed by atoms with E-state index in [4.69, 9.17) is 10.5 Å².